The van der Waals surface area contributed by atoms with E-state index < -0.39 is 0 Å². The van der Waals surface area contributed by atoms with E-state index in [0.717, 1.165) is 38.9 Å². The number of piperidine rings is 1. The van der Waals surface area contributed by atoms with Crippen LogP contribution in [0.4, 0.5) is 0 Å². The topological polar surface area (TPSA) is 53.6 Å². The minimum Gasteiger partial charge on any atom is -0.385 e. The van der Waals surface area contributed by atoms with Crippen molar-refractivity contribution in [3.8, 4) is 0 Å². The third-order valence-corrected chi connectivity index (χ3v) is 3.43. The number of rotatable bonds is 8. The summed E-state index contributed by atoms with van der Waals surface area (Å²) in [6, 6.07) is 0.556. The molecule has 1 saturated heterocycles. The molecule has 0 bridgehead atoms. The highest BCUT2D eigenvalue weighted by Gasteiger charge is 2.21. The van der Waals surface area contributed by atoms with Crippen molar-refractivity contribution < 1.29 is 9.53 Å². The number of ether oxygens (including phenoxy) is 1. The molecule has 1 fully saturated rings. The smallest absolute Gasteiger partial charge is 0.234 e. The first-order chi connectivity index (χ1) is 8.77. The van der Waals surface area contributed by atoms with Crippen LogP contribution in [0.25, 0.3) is 0 Å². The number of hydrogen-bond acceptors (Lipinski definition) is 4. The van der Waals surface area contributed by atoms with E-state index in [4.69, 9.17) is 4.74 Å². The molecule has 1 aliphatic heterocycles. The van der Waals surface area contributed by atoms with Crippen molar-refractivity contribution in [3.05, 3.63) is 0 Å². The fourth-order valence-corrected chi connectivity index (χ4v) is 2.36. The van der Waals surface area contributed by atoms with Gasteiger partial charge in [0.2, 0.25) is 5.91 Å². The first-order valence-electron chi connectivity index (χ1n) is 6.98. The molecule has 1 heterocycles. The van der Waals surface area contributed by atoms with Gasteiger partial charge in [-0.15, -0.1) is 0 Å². The van der Waals surface area contributed by atoms with Crippen LogP contribution in [-0.2, 0) is 9.53 Å². The molecular weight excluding hydrogens is 230 g/mol. The molecule has 0 aromatic carbocycles. The largest absolute Gasteiger partial charge is 0.385 e. The van der Waals surface area contributed by atoms with Gasteiger partial charge in [0.1, 0.15) is 0 Å². The number of nitrogens with one attached hydrogen (secondary N) is 2. The van der Waals surface area contributed by atoms with Crippen LogP contribution < -0.4 is 10.6 Å². The lowest BCUT2D eigenvalue weighted by atomic mass is 10.0. The van der Waals surface area contributed by atoms with Crippen LogP contribution in [0.1, 0.15) is 26.2 Å². The zero-order valence-corrected chi connectivity index (χ0v) is 11.7. The predicted octanol–water partition coefficient (Wildman–Crippen LogP) is 0.213. The normalized spacial score (nSPS) is 17.1. The second kappa shape index (κ2) is 9.30. The van der Waals surface area contributed by atoms with Crippen LogP contribution >= 0.6 is 0 Å². The van der Waals surface area contributed by atoms with Crippen LogP contribution in [0.15, 0.2) is 0 Å². The van der Waals surface area contributed by atoms with Gasteiger partial charge in [-0.2, -0.15) is 0 Å². The molecule has 106 valence electrons. The lowest BCUT2D eigenvalue weighted by molar-refractivity contribution is -0.122. The predicted molar refractivity (Wildman–Crippen MR) is 72.6 cm³/mol. The Morgan fingerprint density at radius 1 is 1.44 bits per heavy atom. The Bertz CT molecular complexity index is 230. The van der Waals surface area contributed by atoms with Gasteiger partial charge < -0.3 is 15.4 Å². The van der Waals surface area contributed by atoms with Crippen molar-refractivity contribution >= 4 is 5.91 Å². The van der Waals surface area contributed by atoms with Crippen LogP contribution in [0.2, 0.25) is 0 Å². The summed E-state index contributed by atoms with van der Waals surface area (Å²) < 4.78 is 4.95. The highest BCUT2D eigenvalue weighted by atomic mass is 16.5. The summed E-state index contributed by atoms with van der Waals surface area (Å²) in [5.74, 6) is 0.131. The summed E-state index contributed by atoms with van der Waals surface area (Å²) in [6.07, 6.45) is 3.16. The Hall–Kier alpha value is -0.650. The van der Waals surface area contributed by atoms with Crippen LogP contribution in [0.3, 0.4) is 0 Å². The van der Waals surface area contributed by atoms with Crippen molar-refractivity contribution in [2.24, 2.45) is 0 Å². The van der Waals surface area contributed by atoms with E-state index in [1.165, 1.54) is 0 Å². The molecule has 0 atom stereocenters. The van der Waals surface area contributed by atoms with Gasteiger partial charge in [0, 0.05) is 26.3 Å². The maximum Gasteiger partial charge on any atom is 0.234 e. The molecule has 0 radical (unpaired) electrons. The molecule has 0 unspecified atom stereocenters. The maximum absolute atomic E-state index is 11.8. The van der Waals surface area contributed by atoms with E-state index in [2.05, 4.69) is 22.5 Å². The van der Waals surface area contributed by atoms with Crippen LogP contribution in [0, 0.1) is 0 Å². The number of likely N-dealkylation sites (N-methyl/N-ethyl adjacent to an activating group) is 1. The van der Waals surface area contributed by atoms with Gasteiger partial charge in [0.25, 0.3) is 0 Å². The van der Waals surface area contributed by atoms with Gasteiger partial charge in [0.15, 0.2) is 0 Å². The summed E-state index contributed by atoms with van der Waals surface area (Å²) in [4.78, 5) is 14.1. The zero-order valence-electron chi connectivity index (χ0n) is 11.7. The van der Waals surface area contributed by atoms with E-state index in [-0.39, 0.29) is 5.91 Å². The number of amides is 1. The summed E-state index contributed by atoms with van der Waals surface area (Å²) in [6.45, 7) is 7.13. The SMILES string of the molecule is CCN(CC(=O)NCCCOC)C1CCNCC1. The lowest BCUT2D eigenvalue weighted by Crippen LogP contribution is -2.47. The molecule has 1 aliphatic rings. The van der Waals surface area contributed by atoms with Gasteiger partial charge in [0.05, 0.1) is 6.54 Å². The fraction of sp³-hybridized carbons (Fsp3) is 0.923. The molecule has 0 spiro atoms. The molecular formula is C13H27N3O2. The fourth-order valence-electron chi connectivity index (χ4n) is 2.36. The average Bonchev–Trinajstić information content (AvgIpc) is 2.42. The summed E-state index contributed by atoms with van der Waals surface area (Å²) in [5, 5.41) is 6.30. The van der Waals surface area contributed by atoms with Gasteiger partial charge in [-0.25, -0.2) is 0 Å². The third-order valence-electron chi connectivity index (χ3n) is 3.43. The monoisotopic (exact) mass is 257 g/mol. The Balaban J connectivity index is 2.22. The lowest BCUT2D eigenvalue weighted by Gasteiger charge is -2.33. The molecule has 0 saturated carbocycles. The van der Waals surface area contributed by atoms with E-state index in [1.807, 2.05) is 0 Å². The minimum atomic E-state index is 0.131. The molecule has 0 aliphatic carbocycles. The van der Waals surface area contributed by atoms with E-state index >= 15 is 0 Å². The molecule has 0 aromatic rings. The van der Waals surface area contributed by atoms with Crippen molar-refractivity contribution in [2.75, 3.05) is 46.4 Å². The van der Waals surface area contributed by atoms with Crippen LogP contribution in [0.5, 0.6) is 0 Å². The molecule has 0 aromatic heterocycles. The second-order valence-electron chi connectivity index (χ2n) is 4.74. The Kier molecular flexibility index (Phi) is 7.96. The number of carbonyl (C=O) groups is 1. The van der Waals surface area contributed by atoms with Gasteiger partial charge in [-0.1, -0.05) is 6.92 Å². The van der Waals surface area contributed by atoms with E-state index in [1.54, 1.807) is 7.11 Å². The summed E-state index contributed by atoms with van der Waals surface area (Å²) in [5.41, 5.74) is 0. The Morgan fingerprint density at radius 2 is 2.17 bits per heavy atom. The minimum absolute atomic E-state index is 0.131. The first kappa shape index (κ1) is 15.4. The second-order valence-corrected chi connectivity index (χ2v) is 4.74. The molecule has 2 N–H and O–H groups in total. The standard InChI is InChI=1S/C13H27N3O2/c1-3-16(12-5-8-14-9-6-12)11-13(17)15-7-4-10-18-2/h12,14H,3-11H2,1-2H3,(H,15,17). The number of carbonyl (C=O) groups excluding carboxylic acids is 1. The quantitative estimate of drug-likeness (QED) is 0.611. The van der Waals surface area contributed by atoms with Gasteiger partial charge in [-0.3, -0.25) is 9.69 Å². The van der Waals surface area contributed by atoms with Gasteiger partial charge >= 0.3 is 0 Å². The van der Waals surface area contributed by atoms with Gasteiger partial charge in [-0.05, 0) is 38.9 Å². The van der Waals surface area contributed by atoms with Crippen molar-refractivity contribution in [1.29, 1.82) is 0 Å². The van der Waals surface area contributed by atoms with E-state index in [9.17, 15) is 4.79 Å². The number of methoxy groups -OCH3 is 1. The summed E-state index contributed by atoms with van der Waals surface area (Å²) >= 11 is 0. The molecule has 18 heavy (non-hydrogen) atoms. The highest BCUT2D eigenvalue weighted by molar-refractivity contribution is 5.78. The Labute approximate surface area is 110 Å². The highest BCUT2D eigenvalue weighted by Crippen LogP contribution is 2.10. The maximum atomic E-state index is 11.8. The molecule has 5 heteroatoms. The van der Waals surface area contributed by atoms with Crippen molar-refractivity contribution in [2.45, 2.75) is 32.2 Å². The van der Waals surface area contributed by atoms with Crippen molar-refractivity contribution in [1.82, 2.24) is 15.5 Å². The Morgan fingerprint density at radius 3 is 2.78 bits per heavy atom. The summed E-state index contributed by atoms with van der Waals surface area (Å²) in [7, 11) is 1.68. The number of hydrogen-bond donors (Lipinski definition) is 2. The van der Waals surface area contributed by atoms with Crippen molar-refractivity contribution in [3.63, 3.8) is 0 Å². The molecule has 1 amide bonds. The third kappa shape index (κ3) is 5.80. The zero-order chi connectivity index (χ0) is 13.2. The molecule has 5 nitrogen and oxygen atoms in total. The average molecular weight is 257 g/mol. The first-order valence-corrected chi connectivity index (χ1v) is 6.98. The molecule has 1 rings (SSSR count). The van der Waals surface area contributed by atoms with E-state index in [0.29, 0.717) is 25.7 Å². The number of nitrogens with zero attached hydrogens (tertiary/aromatic N) is 1. The van der Waals surface area contributed by atoms with Crippen LogP contribution in [-0.4, -0.2) is 63.3 Å².